The van der Waals surface area contributed by atoms with Crippen LogP contribution in [0.15, 0.2) is 23.8 Å². The minimum atomic E-state index is -0.133. The Morgan fingerprint density at radius 1 is 1.32 bits per heavy atom. The molecule has 0 aromatic carbocycles. The third-order valence-corrected chi connectivity index (χ3v) is 5.95. The van der Waals surface area contributed by atoms with Gasteiger partial charge in [0.1, 0.15) is 5.69 Å². The number of carbonyl (C=O) groups excluding carboxylic acids is 2. The first-order valence-corrected chi connectivity index (χ1v) is 9.73. The molecule has 1 saturated heterocycles. The van der Waals surface area contributed by atoms with E-state index in [9.17, 15) is 9.59 Å². The maximum Gasteiger partial charge on any atom is 0.272 e. The highest BCUT2D eigenvalue weighted by atomic mass is 32.1. The molecule has 132 valence electrons. The first-order valence-electron chi connectivity index (χ1n) is 8.86. The summed E-state index contributed by atoms with van der Waals surface area (Å²) < 4.78 is 1.99. The molecule has 25 heavy (non-hydrogen) atoms. The lowest BCUT2D eigenvalue weighted by Gasteiger charge is -2.27. The van der Waals surface area contributed by atoms with Crippen LogP contribution >= 0.6 is 11.3 Å². The van der Waals surface area contributed by atoms with Crippen LogP contribution in [0.4, 0.5) is 0 Å². The molecule has 1 atom stereocenters. The Balaban J connectivity index is 1.41. The standard InChI is InChI=1S/C18H22N4O2S/c23-17(19-10-14-4-3-9-25-14)16-15-6-5-13(11-22(15)12-20-16)18(24)21-7-1-2-8-21/h3-4,9,12-13H,1-2,5-8,10-11H2,(H,19,23). The second-order valence-electron chi connectivity index (χ2n) is 6.72. The number of nitrogens with one attached hydrogen (secondary N) is 1. The van der Waals surface area contributed by atoms with Crippen molar-refractivity contribution in [2.24, 2.45) is 5.92 Å². The van der Waals surface area contributed by atoms with Crippen LogP contribution in [-0.4, -0.2) is 39.4 Å². The van der Waals surface area contributed by atoms with E-state index in [0.29, 0.717) is 18.8 Å². The molecule has 1 N–H and O–H groups in total. The van der Waals surface area contributed by atoms with Gasteiger partial charge in [0, 0.05) is 24.5 Å². The van der Waals surface area contributed by atoms with Gasteiger partial charge < -0.3 is 14.8 Å². The van der Waals surface area contributed by atoms with E-state index in [1.54, 1.807) is 17.7 Å². The van der Waals surface area contributed by atoms with Gasteiger partial charge in [0.05, 0.1) is 24.5 Å². The average Bonchev–Trinajstić information content (AvgIpc) is 3.40. The Hall–Kier alpha value is -2.15. The van der Waals surface area contributed by atoms with Crippen LogP contribution in [0.5, 0.6) is 0 Å². The third kappa shape index (κ3) is 3.33. The van der Waals surface area contributed by atoms with Crippen molar-refractivity contribution in [3.05, 3.63) is 40.1 Å². The van der Waals surface area contributed by atoms with E-state index in [0.717, 1.165) is 49.3 Å². The number of carbonyl (C=O) groups is 2. The molecule has 0 radical (unpaired) electrons. The lowest BCUT2D eigenvalue weighted by molar-refractivity contribution is -0.135. The van der Waals surface area contributed by atoms with E-state index in [4.69, 9.17) is 0 Å². The van der Waals surface area contributed by atoms with E-state index in [2.05, 4.69) is 10.3 Å². The fraction of sp³-hybridized carbons (Fsp3) is 0.500. The van der Waals surface area contributed by atoms with Crippen LogP contribution < -0.4 is 5.32 Å². The summed E-state index contributed by atoms with van der Waals surface area (Å²) in [6.07, 6.45) is 5.46. The molecule has 4 heterocycles. The number of nitrogens with zero attached hydrogens (tertiary/aromatic N) is 3. The molecule has 2 aromatic rings. The van der Waals surface area contributed by atoms with Gasteiger partial charge in [0.15, 0.2) is 0 Å². The molecule has 6 nitrogen and oxygen atoms in total. The maximum absolute atomic E-state index is 12.6. The number of amides is 2. The number of thiophene rings is 1. The summed E-state index contributed by atoms with van der Waals surface area (Å²) in [5.41, 5.74) is 1.46. The van der Waals surface area contributed by atoms with Gasteiger partial charge in [-0.1, -0.05) is 6.07 Å². The molecule has 0 saturated carbocycles. The minimum Gasteiger partial charge on any atom is -0.346 e. The SMILES string of the molecule is O=C(NCc1cccs1)c1ncn2c1CCC(C(=O)N1CCCC1)C2. The second kappa shape index (κ2) is 7.00. The molecule has 4 rings (SSSR count). The molecular weight excluding hydrogens is 336 g/mol. The highest BCUT2D eigenvalue weighted by molar-refractivity contribution is 7.09. The summed E-state index contributed by atoms with van der Waals surface area (Å²) in [5, 5.41) is 4.93. The number of aromatic nitrogens is 2. The van der Waals surface area contributed by atoms with Crippen LogP contribution in [0.1, 0.15) is 40.3 Å². The van der Waals surface area contributed by atoms with Gasteiger partial charge in [-0.05, 0) is 37.1 Å². The molecule has 1 fully saturated rings. The first-order chi connectivity index (χ1) is 12.2. The summed E-state index contributed by atoms with van der Waals surface area (Å²) >= 11 is 1.62. The molecule has 0 bridgehead atoms. The lowest BCUT2D eigenvalue weighted by Crippen LogP contribution is -2.38. The van der Waals surface area contributed by atoms with Gasteiger partial charge in [-0.15, -0.1) is 11.3 Å². The molecule has 0 spiro atoms. The Labute approximate surface area is 150 Å². The number of likely N-dealkylation sites (tertiary alicyclic amines) is 1. The molecule has 2 aromatic heterocycles. The van der Waals surface area contributed by atoms with Crippen molar-refractivity contribution in [3.8, 4) is 0 Å². The Morgan fingerprint density at radius 2 is 2.16 bits per heavy atom. The molecule has 0 aliphatic carbocycles. The Kier molecular flexibility index (Phi) is 4.57. The zero-order valence-electron chi connectivity index (χ0n) is 14.1. The van der Waals surface area contributed by atoms with Gasteiger partial charge in [-0.3, -0.25) is 9.59 Å². The normalized spacial score (nSPS) is 19.7. The van der Waals surface area contributed by atoms with E-state index < -0.39 is 0 Å². The van der Waals surface area contributed by atoms with Crippen LogP contribution in [-0.2, 0) is 24.3 Å². The largest absolute Gasteiger partial charge is 0.346 e. The number of imidazole rings is 1. The summed E-state index contributed by atoms with van der Waals surface area (Å²) in [7, 11) is 0. The Bertz CT molecular complexity index is 762. The van der Waals surface area contributed by atoms with E-state index in [1.165, 1.54) is 0 Å². The predicted molar refractivity (Wildman–Crippen MR) is 95.3 cm³/mol. The molecule has 2 aliphatic heterocycles. The summed E-state index contributed by atoms with van der Waals surface area (Å²) in [6.45, 7) is 2.94. The van der Waals surface area contributed by atoms with Gasteiger partial charge in [-0.2, -0.15) is 0 Å². The van der Waals surface area contributed by atoms with Crippen molar-refractivity contribution in [1.29, 1.82) is 0 Å². The van der Waals surface area contributed by atoms with Crippen LogP contribution in [0.2, 0.25) is 0 Å². The number of hydrogen-bond acceptors (Lipinski definition) is 4. The first kappa shape index (κ1) is 16.3. The molecule has 7 heteroatoms. The smallest absolute Gasteiger partial charge is 0.272 e. The quantitative estimate of drug-likeness (QED) is 0.910. The van der Waals surface area contributed by atoms with Crippen LogP contribution in [0, 0.1) is 5.92 Å². The molecular formula is C18H22N4O2S. The molecule has 2 aliphatic rings. The fourth-order valence-corrected chi connectivity index (χ4v) is 4.36. The zero-order valence-corrected chi connectivity index (χ0v) is 14.9. The lowest BCUT2D eigenvalue weighted by atomic mass is 9.95. The minimum absolute atomic E-state index is 0.0156. The molecule has 1 unspecified atom stereocenters. The maximum atomic E-state index is 12.6. The number of fused-ring (bicyclic) bond motifs is 1. The van der Waals surface area contributed by atoms with Crippen LogP contribution in [0.25, 0.3) is 0 Å². The summed E-state index contributed by atoms with van der Waals surface area (Å²) in [4.78, 5) is 32.5. The highest BCUT2D eigenvalue weighted by Gasteiger charge is 2.31. The van der Waals surface area contributed by atoms with Crippen molar-refractivity contribution in [3.63, 3.8) is 0 Å². The van der Waals surface area contributed by atoms with Gasteiger partial charge in [-0.25, -0.2) is 4.98 Å². The van der Waals surface area contributed by atoms with E-state index >= 15 is 0 Å². The van der Waals surface area contributed by atoms with Gasteiger partial charge in [0.2, 0.25) is 5.91 Å². The second-order valence-corrected chi connectivity index (χ2v) is 7.75. The predicted octanol–water partition coefficient (Wildman–Crippen LogP) is 2.06. The van der Waals surface area contributed by atoms with E-state index in [-0.39, 0.29) is 17.7 Å². The summed E-state index contributed by atoms with van der Waals surface area (Å²) in [6, 6.07) is 3.98. The van der Waals surface area contributed by atoms with Crippen molar-refractivity contribution < 1.29 is 9.59 Å². The van der Waals surface area contributed by atoms with Crippen molar-refractivity contribution in [1.82, 2.24) is 19.8 Å². The van der Waals surface area contributed by atoms with Crippen molar-refractivity contribution >= 4 is 23.2 Å². The fourth-order valence-electron chi connectivity index (χ4n) is 3.72. The van der Waals surface area contributed by atoms with Gasteiger partial charge in [0.25, 0.3) is 5.91 Å². The zero-order chi connectivity index (χ0) is 17.2. The summed E-state index contributed by atoms with van der Waals surface area (Å²) in [5.74, 6) is 0.147. The third-order valence-electron chi connectivity index (χ3n) is 5.08. The number of hydrogen-bond donors (Lipinski definition) is 1. The topological polar surface area (TPSA) is 67.2 Å². The van der Waals surface area contributed by atoms with E-state index in [1.807, 2.05) is 27.0 Å². The van der Waals surface area contributed by atoms with Crippen molar-refractivity contribution in [2.75, 3.05) is 13.1 Å². The Morgan fingerprint density at radius 3 is 2.92 bits per heavy atom. The van der Waals surface area contributed by atoms with Gasteiger partial charge >= 0.3 is 0 Å². The highest BCUT2D eigenvalue weighted by Crippen LogP contribution is 2.25. The van der Waals surface area contributed by atoms with Crippen molar-refractivity contribution in [2.45, 2.75) is 38.8 Å². The number of rotatable bonds is 4. The average molecular weight is 358 g/mol. The van der Waals surface area contributed by atoms with Crippen LogP contribution in [0.3, 0.4) is 0 Å². The monoisotopic (exact) mass is 358 g/mol. The molecule has 2 amide bonds.